The molecule has 0 fully saturated rings. The van der Waals surface area contributed by atoms with Gasteiger partial charge in [0.15, 0.2) is 0 Å². The van der Waals surface area contributed by atoms with Crippen LogP contribution in [0.1, 0.15) is 16.7 Å². The SMILES string of the molecule is Cc1cc(O)c(C)c(C)c1N.Cl. The molecule has 0 unspecified atom stereocenters. The van der Waals surface area contributed by atoms with Crippen LogP contribution in [0.5, 0.6) is 5.75 Å². The molecule has 2 nitrogen and oxygen atoms in total. The van der Waals surface area contributed by atoms with Gasteiger partial charge in [0.1, 0.15) is 5.75 Å². The van der Waals surface area contributed by atoms with Gasteiger partial charge in [-0.1, -0.05) is 0 Å². The molecule has 0 saturated carbocycles. The van der Waals surface area contributed by atoms with Crippen molar-refractivity contribution in [1.82, 2.24) is 0 Å². The van der Waals surface area contributed by atoms with Gasteiger partial charge in [-0.25, -0.2) is 0 Å². The molecule has 0 heterocycles. The minimum absolute atomic E-state index is 0. The number of hydrogen-bond donors (Lipinski definition) is 2. The van der Waals surface area contributed by atoms with E-state index in [4.69, 9.17) is 5.73 Å². The van der Waals surface area contributed by atoms with Crippen molar-refractivity contribution in [2.45, 2.75) is 20.8 Å². The van der Waals surface area contributed by atoms with Crippen LogP contribution in [0, 0.1) is 20.8 Å². The zero-order valence-corrected chi connectivity index (χ0v) is 8.33. The van der Waals surface area contributed by atoms with Crippen LogP contribution >= 0.6 is 12.4 Å². The summed E-state index contributed by atoms with van der Waals surface area (Å²) in [6.45, 7) is 5.67. The normalized spacial score (nSPS) is 9.25. The molecular weight excluding hydrogens is 174 g/mol. The summed E-state index contributed by atoms with van der Waals surface area (Å²) < 4.78 is 0. The minimum Gasteiger partial charge on any atom is -0.508 e. The molecule has 12 heavy (non-hydrogen) atoms. The van der Waals surface area contributed by atoms with Crippen LogP contribution in [0.4, 0.5) is 5.69 Å². The Labute approximate surface area is 78.8 Å². The molecule has 3 N–H and O–H groups in total. The lowest BCUT2D eigenvalue weighted by Gasteiger charge is -2.09. The molecule has 3 heteroatoms. The number of nitrogens with two attached hydrogens (primary N) is 1. The van der Waals surface area contributed by atoms with Crippen LogP contribution in [0.15, 0.2) is 6.07 Å². The van der Waals surface area contributed by atoms with Crippen molar-refractivity contribution < 1.29 is 5.11 Å². The monoisotopic (exact) mass is 187 g/mol. The summed E-state index contributed by atoms with van der Waals surface area (Å²) in [5, 5.41) is 9.35. The van der Waals surface area contributed by atoms with Crippen molar-refractivity contribution in [3.63, 3.8) is 0 Å². The highest BCUT2D eigenvalue weighted by atomic mass is 35.5. The van der Waals surface area contributed by atoms with E-state index in [0.717, 1.165) is 22.4 Å². The first-order chi connectivity index (χ1) is 5.04. The number of anilines is 1. The second kappa shape index (κ2) is 3.68. The van der Waals surface area contributed by atoms with Crippen LogP contribution < -0.4 is 5.73 Å². The maximum absolute atomic E-state index is 9.35. The van der Waals surface area contributed by atoms with Crippen molar-refractivity contribution >= 4 is 18.1 Å². The van der Waals surface area contributed by atoms with E-state index in [9.17, 15) is 5.11 Å². The first-order valence-electron chi connectivity index (χ1n) is 3.59. The minimum atomic E-state index is 0. The fraction of sp³-hybridized carbons (Fsp3) is 0.333. The van der Waals surface area contributed by atoms with Gasteiger partial charge in [-0.05, 0) is 43.5 Å². The van der Waals surface area contributed by atoms with Crippen molar-refractivity contribution in [3.8, 4) is 5.75 Å². The molecular formula is C9H14ClNO. The van der Waals surface area contributed by atoms with Gasteiger partial charge in [0.2, 0.25) is 0 Å². The maximum Gasteiger partial charge on any atom is 0.119 e. The summed E-state index contributed by atoms with van der Waals surface area (Å²) in [7, 11) is 0. The van der Waals surface area contributed by atoms with Crippen LogP contribution in [-0.2, 0) is 0 Å². The van der Waals surface area contributed by atoms with Gasteiger partial charge in [0.05, 0.1) is 0 Å². The Morgan fingerprint density at radius 2 is 1.67 bits per heavy atom. The van der Waals surface area contributed by atoms with E-state index in [-0.39, 0.29) is 12.4 Å². The van der Waals surface area contributed by atoms with Crippen molar-refractivity contribution in [2.24, 2.45) is 0 Å². The van der Waals surface area contributed by atoms with E-state index >= 15 is 0 Å². The molecule has 0 aliphatic heterocycles. The molecule has 0 aromatic heterocycles. The molecule has 0 aliphatic carbocycles. The topological polar surface area (TPSA) is 46.2 Å². The quantitative estimate of drug-likeness (QED) is 0.484. The fourth-order valence-electron chi connectivity index (χ4n) is 1.08. The Morgan fingerprint density at radius 1 is 1.17 bits per heavy atom. The maximum atomic E-state index is 9.35. The van der Waals surface area contributed by atoms with Gasteiger partial charge in [0, 0.05) is 5.69 Å². The zero-order valence-electron chi connectivity index (χ0n) is 7.51. The number of phenols is 1. The number of hydrogen-bond acceptors (Lipinski definition) is 2. The Balaban J connectivity index is 0.00000121. The van der Waals surface area contributed by atoms with Crippen molar-refractivity contribution in [3.05, 3.63) is 22.8 Å². The second-order valence-corrected chi connectivity index (χ2v) is 2.88. The Kier molecular flexibility index (Phi) is 3.40. The van der Waals surface area contributed by atoms with Gasteiger partial charge in [0.25, 0.3) is 0 Å². The first kappa shape index (κ1) is 11.1. The average molecular weight is 188 g/mol. The van der Waals surface area contributed by atoms with Gasteiger partial charge < -0.3 is 10.8 Å². The number of benzene rings is 1. The van der Waals surface area contributed by atoms with E-state index in [2.05, 4.69) is 0 Å². The predicted octanol–water partition coefficient (Wildman–Crippen LogP) is 2.32. The third kappa shape index (κ3) is 1.64. The van der Waals surface area contributed by atoms with Crippen LogP contribution in [0.2, 0.25) is 0 Å². The van der Waals surface area contributed by atoms with Gasteiger partial charge in [-0.2, -0.15) is 0 Å². The highest BCUT2D eigenvalue weighted by Crippen LogP contribution is 2.27. The van der Waals surface area contributed by atoms with Crippen molar-refractivity contribution in [2.75, 3.05) is 5.73 Å². The molecule has 0 bridgehead atoms. The van der Waals surface area contributed by atoms with E-state index < -0.39 is 0 Å². The highest BCUT2D eigenvalue weighted by Gasteiger charge is 2.05. The lowest BCUT2D eigenvalue weighted by Crippen LogP contribution is -1.95. The van der Waals surface area contributed by atoms with E-state index in [1.807, 2.05) is 20.8 Å². The Hall–Kier alpha value is -0.890. The third-order valence-corrected chi connectivity index (χ3v) is 2.13. The largest absolute Gasteiger partial charge is 0.508 e. The van der Waals surface area contributed by atoms with Gasteiger partial charge in [-0.3, -0.25) is 0 Å². The molecule has 1 rings (SSSR count). The van der Waals surface area contributed by atoms with Crippen LogP contribution in [0.25, 0.3) is 0 Å². The van der Waals surface area contributed by atoms with Gasteiger partial charge in [-0.15, -0.1) is 12.4 Å². The van der Waals surface area contributed by atoms with Crippen LogP contribution in [-0.4, -0.2) is 5.11 Å². The molecule has 0 aliphatic rings. The Bertz CT molecular complexity index is 271. The number of halogens is 1. The summed E-state index contributed by atoms with van der Waals surface area (Å²) in [4.78, 5) is 0. The predicted molar refractivity (Wildman–Crippen MR) is 54.0 cm³/mol. The molecule has 0 radical (unpaired) electrons. The average Bonchev–Trinajstić information content (AvgIpc) is 1.97. The lowest BCUT2D eigenvalue weighted by molar-refractivity contribution is 0.470. The molecule has 1 aromatic carbocycles. The third-order valence-electron chi connectivity index (χ3n) is 2.13. The van der Waals surface area contributed by atoms with E-state index in [1.165, 1.54) is 0 Å². The summed E-state index contributed by atoms with van der Waals surface area (Å²) in [5.41, 5.74) is 9.30. The fourth-order valence-corrected chi connectivity index (χ4v) is 1.08. The van der Waals surface area contributed by atoms with E-state index in [0.29, 0.717) is 5.75 Å². The molecule has 0 saturated heterocycles. The number of aromatic hydroxyl groups is 1. The summed E-state index contributed by atoms with van der Waals surface area (Å²) in [5.74, 6) is 0.328. The van der Waals surface area contributed by atoms with Gasteiger partial charge >= 0.3 is 0 Å². The highest BCUT2D eigenvalue weighted by molar-refractivity contribution is 5.85. The number of rotatable bonds is 0. The summed E-state index contributed by atoms with van der Waals surface area (Å²) >= 11 is 0. The number of phenolic OH excluding ortho intramolecular Hbond substituents is 1. The first-order valence-corrected chi connectivity index (χ1v) is 3.59. The van der Waals surface area contributed by atoms with Crippen LogP contribution in [0.3, 0.4) is 0 Å². The number of nitrogen functional groups attached to an aromatic ring is 1. The smallest absolute Gasteiger partial charge is 0.119 e. The molecule has 0 spiro atoms. The molecule has 1 aromatic rings. The van der Waals surface area contributed by atoms with Crippen molar-refractivity contribution in [1.29, 1.82) is 0 Å². The lowest BCUT2D eigenvalue weighted by atomic mass is 10.0. The molecule has 0 atom stereocenters. The standard InChI is InChI=1S/C9H13NO.ClH/c1-5-4-8(11)6(2)7(3)9(5)10;/h4,11H,10H2,1-3H3;1H. The second-order valence-electron chi connectivity index (χ2n) is 2.88. The summed E-state index contributed by atoms with van der Waals surface area (Å²) in [6.07, 6.45) is 0. The van der Waals surface area contributed by atoms with E-state index in [1.54, 1.807) is 6.07 Å². The summed E-state index contributed by atoms with van der Waals surface area (Å²) in [6, 6.07) is 1.69. The zero-order chi connectivity index (χ0) is 8.59. The molecule has 0 amide bonds. The molecule has 68 valence electrons. The Morgan fingerprint density at radius 3 is 2.17 bits per heavy atom. The number of aryl methyl sites for hydroxylation is 1.